The number of aliphatic imine (C=N–C) groups is 2. The average molecular weight is 765 g/mol. The summed E-state index contributed by atoms with van der Waals surface area (Å²) in [5.74, 6) is 1.88. The summed E-state index contributed by atoms with van der Waals surface area (Å²) in [6.07, 6.45) is 0.842. The molecule has 0 aliphatic rings. The first-order valence-corrected chi connectivity index (χ1v) is 23.1. The van der Waals surface area contributed by atoms with Crippen LogP contribution in [0.2, 0.25) is 0 Å². The van der Waals surface area contributed by atoms with Crippen molar-refractivity contribution in [2.24, 2.45) is 9.98 Å². The lowest BCUT2D eigenvalue weighted by Gasteiger charge is -2.05. The van der Waals surface area contributed by atoms with Gasteiger partial charge in [0.1, 0.15) is 6.61 Å². The van der Waals surface area contributed by atoms with Gasteiger partial charge in [-0.3, -0.25) is 23.8 Å². The maximum absolute atomic E-state index is 12.0. The van der Waals surface area contributed by atoms with Crippen LogP contribution in [0.1, 0.15) is 6.42 Å². The topological polar surface area (TPSA) is 167 Å². The van der Waals surface area contributed by atoms with E-state index in [1.54, 1.807) is 94.1 Å². The Hall–Kier alpha value is 0.970. The summed E-state index contributed by atoms with van der Waals surface area (Å²) in [7, 11) is -1.12. The quantitative estimate of drug-likeness (QED) is 0.0384. The van der Waals surface area contributed by atoms with Crippen molar-refractivity contribution in [3.05, 3.63) is 0 Å². The SMILES string of the molecule is O=C(/C=N\CSCSCSCNC(=O)SCSCSCS(=O)/C=N\CSCSCSCNC(=O)OCCO)CCO. The van der Waals surface area contributed by atoms with E-state index in [2.05, 4.69) is 25.4 Å². The number of Topliss-reactive ketones (excluding diaryl/α,β-unsaturated/α-hetero) is 1. The highest BCUT2D eigenvalue weighted by Crippen LogP contribution is 2.20. The maximum atomic E-state index is 12.0. The monoisotopic (exact) mass is 764 g/mol. The van der Waals surface area contributed by atoms with Crippen molar-refractivity contribution in [1.82, 2.24) is 10.6 Å². The molecule has 0 fully saturated rings. The van der Waals surface area contributed by atoms with E-state index in [1.165, 1.54) is 23.5 Å². The smallest absolute Gasteiger partial charge is 0.407 e. The van der Waals surface area contributed by atoms with E-state index in [-0.39, 0.29) is 37.3 Å². The molecule has 0 saturated carbocycles. The summed E-state index contributed by atoms with van der Waals surface area (Å²) in [4.78, 5) is 42.4. The summed E-state index contributed by atoms with van der Waals surface area (Å²) in [6.45, 7) is -0.353. The fraction of sp³-hybridized carbons (Fsp3) is 0.750. The van der Waals surface area contributed by atoms with E-state index in [0.29, 0.717) is 33.7 Å². The summed E-state index contributed by atoms with van der Waals surface area (Å²) in [5, 5.41) is 27.8. The molecule has 11 nitrogen and oxygen atoms in total. The molecule has 0 aliphatic heterocycles. The molecule has 4 N–H and O–H groups in total. The van der Waals surface area contributed by atoms with Gasteiger partial charge in [0.25, 0.3) is 5.24 Å². The van der Waals surface area contributed by atoms with E-state index in [1.807, 2.05) is 0 Å². The molecule has 1 unspecified atom stereocenters. The van der Waals surface area contributed by atoms with Gasteiger partial charge >= 0.3 is 6.09 Å². The zero-order valence-electron chi connectivity index (χ0n) is 22.2. The normalized spacial score (nSPS) is 12.1. The number of hydrogen-bond acceptors (Lipinski definition) is 18. The van der Waals surface area contributed by atoms with Gasteiger partial charge in [0, 0.05) is 36.9 Å². The van der Waals surface area contributed by atoms with E-state index >= 15 is 0 Å². The first-order chi connectivity index (χ1) is 20.0. The summed E-state index contributed by atoms with van der Waals surface area (Å²) in [6, 6.07) is 0. The van der Waals surface area contributed by atoms with Crippen LogP contribution < -0.4 is 10.6 Å². The van der Waals surface area contributed by atoms with Crippen molar-refractivity contribution in [2.45, 2.75) is 6.42 Å². The number of aliphatic hydroxyl groups is 2. The second-order valence-electron chi connectivity index (χ2n) is 6.57. The number of carbonyl (C=O) groups is 3. The molecule has 2 amide bonds. The minimum Gasteiger partial charge on any atom is -0.447 e. The molecule has 41 heavy (non-hydrogen) atoms. The maximum Gasteiger partial charge on any atom is 0.407 e. The molecule has 21 heteroatoms. The number of thioether (sulfide) groups is 9. The van der Waals surface area contributed by atoms with Crippen molar-refractivity contribution in [3.63, 3.8) is 0 Å². The van der Waals surface area contributed by atoms with Crippen LogP contribution in [0.4, 0.5) is 9.59 Å². The predicted octanol–water partition coefficient (Wildman–Crippen LogP) is 4.35. The molecule has 0 bridgehead atoms. The van der Waals surface area contributed by atoms with Gasteiger partial charge in [0.05, 0.1) is 64.4 Å². The minimum absolute atomic E-state index is 0.00851. The molecule has 0 saturated heterocycles. The van der Waals surface area contributed by atoms with Gasteiger partial charge in [-0.25, -0.2) is 4.79 Å². The van der Waals surface area contributed by atoms with Gasteiger partial charge in [-0.05, 0) is 0 Å². The minimum atomic E-state index is -1.12. The Morgan fingerprint density at radius 3 is 2.05 bits per heavy atom. The van der Waals surface area contributed by atoms with Gasteiger partial charge in [-0.1, -0.05) is 11.8 Å². The third kappa shape index (κ3) is 33.7. The van der Waals surface area contributed by atoms with Crippen LogP contribution >= 0.6 is 106 Å². The Bertz CT molecular complexity index is 772. The van der Waals surface area contributed by atoms with Gasteiger partial charge in [-0.15, -0.1) is 94.1 Å². The molecule has 0 aliphatic carbocycles. The molecule has 238 valence electrons. The molecular weight excluding hydrogens is 729 g/mol. The second kappa shape index (κ2) is 33.9. The number of nitrogens with one attached hydrogen (secondary N) is 2. The van der Waals surface area contributed by atoms with Crippen LogP contribution in [0.3, 0.4) is 0 Å². The van der Waals surface area contributed by atoms with E-state index in [9.17, 15) is 18.6 Å². The summed E-state index contributed by atoms with van der Waals surface area (Å²) in [5.41, 5.74) is 1.49. The van der Waals surface area contributed by atoms with Crippen LogP contribution in [0.5, 0.6) is 0 Å². The van der Waals surface area contributed by atoms with Crippen molar-refractivity contribution in [1.29, 1.82) is 0 Å². The highest BCUT2D eigenvalue weighted by Gasteiger charge is 2.03. The van der Waals surface area contributed by atoms with Crippen molar-refractivity contribution in [2.75, 3.05) is 78.9 Å². The molecule has 0 heterocycles. The third-order valence-electron chi connectivity index (χ3n) is 3.38. The van der Waals surface area contributed by atoms with Crippen LogP contribution in [0.15, 0.2) is 9.98 Å². The fourth-order valence-corrected chi connectivity index (χ4v) is 12.0. The summed E-state index contributed by atoms with van der Waals surface area (Å²) >= 11 is 14.2. The van der Waals surface area contributed by atoms with Crippen LogP contribution in [0, 0.1) is 0 Å². The van der Waals surface area contributed by atoms with Gasteiger partial charge in [0.2, 0.25) is 0 Å². The molecule has 0 aromatic carbocycles. The highest BCUT2D eigenvalue weighted by atomic mass is 32.3. The highest BCUT2D eigenvalue weighted by molar-refractivity contribution is 8.29. The van der Waals surface area contributed by atoms with Crippen molar-refractivity contribution in [3.8, 4) is 0 Å². The molecular formula is C20H36N4O7S10. The van der Waals surface area contributed by atoms with Crippen molar-refractivity contribution >= 4 is 146 Å². The average Bonchev–Trinajstić information content (AvgIpc) is 2.95. The Morgan fingerprint density at radius 1 is 0.756 bits per heavy atom. The van der Waals surface area contributed by atoms with E-state index < -0.39 is 16.9 Å². The second-order valence-corrected chi connectivity index (χ2v) is 19.2. The number of carbonyl (C=O) groups excluding carboxylic acids is 3. The number of amides is 2. The molecule has 0 radical (unpaired) electrons. The number of alkyl carbamates (subject to hydrolysis) is 1. The fourth-order valence-electron chi connectivity index (χ4n) is 1.79. The Kier molecular flexibility index (Phi) is 34.7. The molecule has 1 atom stereocenters. The number of aliphatic hydroxyl groups excluding tert-OH is 2. The lowest BCUT2D eigenvalue weighted by molar-refractivity contribution is -0.113. The number of nitrogens with zero attached hydrogens (tertiary/aromatic N) is 2. The first-order valence-electron chi connectivity index (χ1n) is 11.5. The van der Waals surface area contributed by atoms with Gasteiger partial charge < -0.3 is 25.6 Å². The zero-order valence-corrected chi connectivity index (χ0v) is 30.3. The Labute approximate surface area is 282 Å². The molecule has 0 rings (SSSR count). The lowest BCUT2D eigenvalue weighted by atomic mass is 10.3. The number of hydrogen-bond donors (Lipinski definition) is 4. The van der Waals surface area contributed by atoms with Crippen LogP contribution in [-0.4, -0.2) is 122 Å². The predicted molar refractivity (Wildman–Crippen MR) is 194 cm³/mol. The van der Waals surface area contributed by atoms with E-state index in [4.69, 9.17) is 10.2 Å². The number of rotatable bonds is 28. The number of ether oxygens (including phenoxy) is 1. The Morgan fingerprint density at radius 2 is 1.37 bits per heavy atom. The zero-order chi connectivity index (χ0) is 30.2. The van der Waals surface area contributed by atoms with Crippen molar-refractivity contribution < 1.29 is 33.5 Å². The molecule has 0 spiro atoms. The van der Waals surface area contributed by atoms with Crippen LogP contribution in [0.25, 0.3) is 0 Å². The van der Waals surface area contributed by atoms with Gasteiger partial charge in [0.15, 0.2) is 5.78 Å². The van der Waals surface area contributed by atoms with Crippen LogP contribution in [-0.2, 0) is 20.3 Å². The first kappa shape index (κ1) is 42.0. The standard InChI is InChI=1S/C20H36N4O7S10/c25-2-1-18(27)5-21-6-32-11-36-14-35-9-24-20(29)40-16-38-15-39-17-41(30)10-22-7-33-12-37-13-34-8-23-19(28)31-4-3-26/h5,10,25-26H,1-4,6-9,11-17H2,(H,23,28)(H,24,29)/b21-5-,22-10-. The third-order valence-corrected chi connectivity index (χ3v) is 14.9. The van der Waals surface area contributed by atoms with Gasteiger partial charge in [-0.2, -0.15) is 0 Å². The number of ketones is 1. The lowest BCUT2D eigenvalue weighted by Crippen LogP contribution is -2.24. The largest absolute Gasteiger partial charge is 0.447 e. The Balaban J connectivity index is 3.43. The molecule has 0 aromatic rings. The van der Waals surface area contributed by atoms with E-state index in [0.717, 1.165) is 25.4 Å². The summed E-state index contributed by atoms with van der Waals surface area (Å²) < 4.78 is 16.6. The molecule has 0 aromatic heterocycles.